The van der Waals surface area contributed by atoms with Crippen molar-refractivity contribution in [2.75, 3.05) is 4.90 Å². The number of fused-ring (bicyclic) bond motifs is 2. The van der Waals surface area contributed by atoms with Gasteiger partial charge in [0.25, 0.3) is 5.91 Å². The van der Waals surface area contributed by atoms with E-state index in [1.807, 2.05) is 42.7 Å². The van der Waals surface area contributed by atoms with Crippen molar-refractivity contribution in [1.82, 2.24) is 14.8 Å². The summed E-state index contributed by atoms with van der Waals surface area (Å²) in [4.78, 5) is 14.9. The second-order valence-corrected chi connectivity index (χ2v) is 7.05. The van der Waals surface area contributed by atoms with E-state index < -0.39 is 0 Å². The van der Waals surface area contributed by atoms with E-state index in [2.05, 4.69) is 16.3 Å². The molecular weight excluding hydrogens is 326 g/mol. The number of aryl methyl sites for hydroxylation is 1. The van der Waals surface area contributed by atoms with Crippen molar-refractivity contribution < 1.29 is 4.79 Å². The molecule has 1 amide bonds. The van der Waals surface area contributed by atoms with E-state index in [-0.39, 0.29) is 11.9 Å². The molecule has 132 valence electrons. The zero-order valence-corrected chi connectivity index (χ0v) is 15.1. The highest BCUT2D eigenvalue weighted by Crippen LogP contribution is 2.41. The number of benzene rings is 1. The number of amides is 1. The zero-order valence-electron chi connectivity index (χ0n) is 15.1. The molecule has 2 aromatic rings. The normalized spacial score (nSPS) is 18.4. The highest BCUT2D eigenvalue weighted by molar-refractivity contribution is 6.38. The van der Waals surface area contributed by atoms with E-state index in [4.69, 9.17) is 0 Å². The monoisotopic (exact) mass is 347 g/mol. The van der Waals surface area contributed by atoms with Crippen molar-refractivity contribution in [1.29, 1.82) is 5.26 Å². The Labute approximate surface area is 152 Å². The molecule has 26 heavy (non-hydrogen) atoms. The van der Waals surface area contributed by atoms with Crippen LogP contribution in [0.25, 0.3) is 11.1 Å². The topological polar surface area (TPSA) is 74.8 Å². The third-order valence-electron chi connectivity index (χ3n) is 5.08. The van der Waals surface area contributed by atoms with E-state index in [1.165, 1.54) is 0 Å². The van der Waals surface area contributed by atoms with Crippen LogP contribution in [0.2, 0.25) is 0 Å². The molecule has 6 heteroatoms. The molecule has 0 atom stereocenters. The first-order chi connectivity index (χ1) is 12.6. The van der Waals surface area contributed by atoms with Gasteiger partial charge in [0.2, 0.25) is 0 Å². The molecule has 0 saturated carbocycles. The Morgan fingerprint density at radius 2 is 2.00 bits per heavy atom. The van der Waals surface area contributed by atoms with Crippen LogP contribution in [0.5, 0.6) is 0 Å². The first-order valence-electron chi connectivity index (χ1n) is 9.13. The minimum Gasteiger partial charge on any atom is -0.310 e. The lowest BCUT2D eigenvalue weighted by molar-refractivity contribution is -0.113. The molecule has 0 aliphatic carbocycles. The van der Waals surface area contributed by atoms with E-state index in [0.29, 0.717) is 17.0 Å². The molecule has 2 aliphatic heterocycles. The molecule has 0 saturated heterocycles. The van der Waals surface area contributed by atoms with Crippen LogP contribution in [0.4, 0.5) is 5.69 Å². The molecule has 1 aromatic heterocycles. The van der Waals surface area contributed by atoms with Crippen molar-refractivity contribution in [3.8, 4) is 6.07 Å². The molecule has 4 rings (SSSR count). The number of anilines is 1. The zero-order chi connectivity index (χ0) is 18.3. The summed E-state index contributed by atoms with van der Waals surface area (Å²) in [6.45, 7) is 4.75. The smallest absolute Gasteiger partial charge is 0.260 e. The lowest BCUT2D eigenvalue weighted by atomic mass is 10.0. The van der Waals surface area contributed by atoms with Gasteiger partial charge in [-0.05, 0) is 32.8 Å². The molecule has 1 aromatic carbocycles. The number of carbonyl (C=O) groups is 1. The largest absolute Gasteiger partial charge is 0.310 e. The van der Waals surface area contributed by atoms with Crippen LogP contribution in [-0.2, 0) is 17.8 Å². The molecule has 2 aliphatic rings. The maximum atomic E-state index is 13.2. The van der Waals surface area contributed by atoms with Gasteiger partial charge < -0.3 is 9.47 Å². The molecule has 3 heterocycles. The number of rotatable bonds is 2. The summed E-state index contributed by atoms with van der Waals surface area (Å²) in [6, 6.07) is 9.92. The number of nitrogens with zero attached hydrogens (tertiary/aromatic N) is 5. The summed E-state index contributed by atoms with van der Waals surface area (Å²) >= 11 is 0. The van der Waals surface area contributed by atoms with E-state index in [0.717, 1.165) is 49.3 Å². The van der Waals surface area contributed by atoms with Crippen molar-refractivity contribution >= 4 is 22.7 Å². The Balaban J connectivity index is 1.94. The average molecular weight is 347 g/mol. The van der Waals surface area contributed by atoms with E-state index in [9.17, 15) is 10.1 Å². The summed E-state index contributed by atoms with van der Waals surface area (Å²) in [6.07, 6.45) is 4.13. The Morgan fingerprint density at radius 3 is 2.77 bits per heavy atom. The molecular formula is C20H21N5O. The Hall–Kier alpha value is -2.94. The van der Waals surface area contributed by atoms with Gasteiger partial charge in [-0.15, -0.1) is 10.2 Å². The summed E-state index contributed by atoms with van der Waals surface area (Å²) in [7, 11) is 0. The highest BCUT2D eigenvalue weighted by Gasteiger charge is 2.37. The lowest BCUT2D eigenvalue weighted by Gasteiger charge is -2.21. The third-order valence-corrected chi connectivity index (χ3v) is 5.08. The van der Waals surface area contributed by atoms with Gasteiger partial charge in [0, 0.05) is 24.6 Å². The number of hydrogen-bond donors (Lipinski definition) is 0. The Kier molecular flexibility index (Phi) is 4.08. The molecule has 6 nitrogen and oxygen atoms in total. The number of aromatic nitrogens is 3. The second kappa shape index (κ2) is 6.41. The van der Waals surface area contributed by atoms with Gasteiger partial charge in [-0.2, -0.15) is 5.26 Å². The number of para-hydroxylation sites is 1. The minimum absolute atomic E-state index is 0.0107. The summed E-state index contributed by atoms with van der Waals surface area (Å²) in [5.74, 6) is 1.29. The summed E-state index contributed by atoms with van der Waals surface area (Å²) in [5.41, 5.74) is 2.42. The van der Waals surface area contributed by atoms with Crippen LogP contribution in [-0.4, -0.2) is 26.7 Å². The molecule has 0 N–H and O–H groups in total. The van der Waals surface area contributed by atoms with Gasteiger partial charge in [0.1, 0.15) is 17.5 Å². The SMILES string of the molecule is CC(C)N1C(=O)C(=C(C#N)c2nnc3n2CCCCC3)c2ccccc21. The van der Waals surface area contributed by atoms with Crippen LogP contribution in [0.1, 0.15) is 50.3 Å². The molecule has 0 bridgehead atoms. The minimum atomic E-state index is -0.135. The maximum absolute atomic E-state index is 13.2. The quantitative estimate of drug-likeness (QED) is 0.617. The summed E-state index contributed by atoms with van der Waals surface area (Å²) < 4.78 is 2.02. The molecule has 0 fully saturated rings. The van der Waals surface area contributed by atoms with Gasteiger partial charge in [-0.3, -0.25) is 4.79 Å². The van der Waals surface area contributed by atoms with Crippen molar-refractivity contribution in [3.05, 3.63) is 41.5 Å². The van der Waals surface area contributed by atoms with Crippen molar-refractivity contribution in [2.24, 2.45) is 0 Å². The van der Waals surface area contributed by atoms with E-state index in [1.54, 1.807) is 4.90 Å². The number of hydrogen-bond acceptors (Lipinski definition) is 4. The number of carbonyl (C=O) groups excluding carboxylic acids is 1. The van der Waals surface area contributed by atoms with Crippen molar-refractivity contribution in [3.63, 3.8) is 0 Å². The van der Waals surface area contributed by atoms with Crippen LogP contribution < -0.4 is 4.90 Å². The van der Waals surface area contributed by atoms with Crippen LogP contribution in [0.3, 0.4) is 0 Å². The fourth-order valence-corrected chi connectivity index (χ4v) is 3.88. The van der Waals surface area contributed by atoms with Gasteiger partial charge in [0.15, 0.2) is 5.82 Å². The lowest BCUT2D eigenvalue weighted by Crippen LogP contribution is -2.33. The van der Waals surface area contributed by atoms with Gasteiger partial charge in [0.05, 0.1) is 11.3 Å². The molecule has 0 radical (unpaired) electrons. The Bertz CT molecular complexity index is 947. The van der Waals surface area contributed by atoms with Crippen molar-refractivity contribution in [2.45, 2.75) is 52.1 Å². The first kappa shape index (κ1) is 16.5. The first-order valence-corrected chi connectivity index (χ1v) is 9.13. The highest BCUT2D eigenvalue weighted by atomic mass is 16.2. The Morgan fingerprint density at radius 1 is 1.19 bits per heavy atom. The standard InChI is InChI=1S/C20H21N5O/c1-13(2)25-16-9-6-5-8-14(16)18(20(25)26)15(12-21)19-23-22-17-10-4-3-7-11-24(17)19/h5-6,8-9,13H,3-4,7,10-11H2,1-2H3. The van der Waals surface area contributed by atoms with Crippen LogP contribution >= 0.6 is 0 Å². The van der Waals surface area contributed by atoms with Gasteiger partial charge >= 0.3 is 0 Å². The second-order valence-electron chi connectivity index (χ2n) is 7.05. The fourth-order valence-electron chi connectivity index (χ4n) is 3.88. The fraction of sp³-hybridized carbons (Fsp3) is 0.400. The molecule has 0 unspecified atom stereocenters. The van der Waals surface area contributed by atoms with E-state index >= 15 is 0 Å². The van der Waals surface area contributed by atoms with Crippen LogP contribution in [0.15, 0.2) is 24.3 Å². The predicted molar refractivity (Wildman–Crippen MR) is 99.1 cm³/mol. The average Bonchev–Trinajstić information content (AvgIpc) is 3.05. The number of nitriles is 1. The number of allylic oxidation sites excluding steroid dienone is 1. The molecule has 0 spiro atoms. The summed E-state index contributed by atoms with van der Waals surface area (Å²) in [5, 5.41) is 18.5. The predicted octanol–water partition coefficient (Wildman–Crippen LogP) is 3.19. The third kappa shape index (κ3) is 2.43. The van der Waals surface area contributed by atoms with Gasteiger partial charge in [-0.25, -0.2) is 0 Å². The maximum Gasteiger partial charge on any atom is 0.260 e. The van der Waals surface area contributed by atoms with Crippen LogP contribution in [0, 0.1) is 11.3 Å². The van der Waals surface area contributed by atoms with Gasteiger partial charge in [-0.1, -0.05) is 24.6 Å².